The number of aromatic amines is 1. The van der Waals surface area contributed by atoms with Crippen LogP contribution >= 0.6 is 0 Å². The second-order valence-electron chi connectivity index (χ2n) is 6.98. The molecule has 126 valence electrons. The number of ether oxygens (including phenoxy) is 1. The van der Waals surface area contributed by atoms with Crippen molar-refractivity contribution in [2.75, 3.05) is 6.61 Å². The van der Waals surface area contributed by atoms with Crippen molar-refractivity contribution in [1.82, 2.24) is 19.5 Å². The van der Waals surface area contributed by atoms with Crippen LogP contribution in [0.15, 0.2) is 55.5 Å². The number of benzene rings is 1. The molecule has 0 fully saturated rings. The number of imidazole rings is 2. The molecule has 24 heavy (non-hydrogen) atoms. The van der Waals surface area contributed by atoms with Crippen molar-refractivity contribution in [2.24, 2.45) is 5.41 Å². The first-order valence-corrected chi connectivity index (χ1v) is 8.23. The van der Waals surface area contributed by atoms with E-state index < -0.39 is 0 Å². The quantitative estimate of drug-likeness (QED) is 0.704. The molecule has 0 aliphatic carbocycles. The van der Waals surface area contributed by atoms with E-state index in [2.05, 4.69) is 40.3 Å². The van der Waals surface area contributed by atoms with Crippen molar-refractivity contribution in [3.05, 3.63) is 55.5 Å². The number of aromatic nitrogens is 4. The van der Waals surface area contributed by atoms with E-state index in [1.807, 2.05) is 49.2 Å². The highest BCUT2D eigenvalue weighted by Gasteiger charge is 2.23. The normalized spacial score (nSPS) is 13.0. The average molecular weight is 324 g/mol. The van der Waals surface area contributed by atoms with E-state index in [1.165, 1.54) is 0 Å². The molecule has 1 aromatic carbocycles. The third-order valence-electron chi connectivity index (χ3n) is 4.18. The first kappa shape index (κ1) is 16.3. The average Bonchev–Trinajstić information content (AvgIpc) is 3.26. The van der Waals surface area contributed by atoms with Gasteiger partial charge in [-0.3, -0.25) is 0 Å². The summed E-state index contributed by atoms with van der Waals surface area (Å²) in [7, 11) is 0. The van der Waals surface area contributed by atoms with Gasteiger partial charge < -0.3 is 14.3 Å². The lowest BCUT2D eigenvalue weighted by molar-refractivity contribution is 0.152. The molecule has 1 atom stereocenters. The first-order valence-electron chi connectivity index (χ1n) is 8.23. The lowest BCUT2D eigenvalue weighted by atomic mass is 9.87. The number of nitrogens with one attached hydrogen (secondary N) is 1. The first-order chi connectivity index (χ1) is 11.6. The number of nitrogens with zero attached hydrogens (tertiary/aromatic N) is 3. The Balaban J connectivity index is 1.67. The molecule has 5 heteroatoms. The smallest absolute Gasteiger partial charge is 0.128 e. The van der Waals surface area contributed by atoms with Crippen LogP contribution in [0.3, 0.4) is 0 Å². The Bertz CT molecular complexity index is 748. The zero-order valence-electron chi connectivity index (χ0n) is 14.4. The van der Waals surface area contributed by atoms with E-state index in [-0.39, 0.29) is 5.41 Å². The van der Waals surface area contributed by atoms with Gasteiger partial charge in [0.25, 0.3) is 0 Å². The van der Waals surface area contributed by atoms with Crippen LogP contribution < -0.4 is 4.74 Å². The van der Waals surface area contributed by atoms with Crippen molar-refractivity contribution in [3.8, 4) is 17.0 Å². The van der Waals surface area contributed by atoms with Crippen LogP contribution in [-0.2, 0) is 0 Å². The SMILES string of the molecule is CC(CC(C)(C)COc1ccccc1-c1cnc[nH]1)n1ccnc1. The fraction of sp³-hybridized carbons (Fsp3) is 0.368. The van der Waals surface area contributed by atoms with Gasteiger partial charge in [0, 0.05) is 29.4 Å². The maximum atomic E-state index is 6.17. The monoisotopic (exact) mass is 324 g/mol. The second-order valence-corrected chi connectivity index (χ2v) is 6.98. The van der Waals surface area contributed by atoms with Gasteiger partial charge in [-0.2, -0.15) is 0 Å². The van der Waals surface area contributed by atoms with Gasteiger partial charge in [0.15, 0.2) is 0 Å². The molecule has 0 aliphatic heterocycles. The predicted octanol–water partition coefficient (Wildman–Crippen LogP) is 4.33. The van der Waals surface area contributed by atoms with E-state index >= 15 is 0 Å². The van der Waals surface area contributed by atoms with Crippen LogP contribution in [0.5, 0.6) is 5.75 Å². The van der Waals surface area contributed by atoms with Gasteiger partial charge in [-0.05, 0) is 25.5 Å². The van der Waals surface area contributed by atoms with E-state index in [0.29, 0.717) is 12.6 Å². The molecule has 2 aromatic heterocycles. The summed E-state index contributed by atoms with van der Waals surface area (Å²) in [6.45, 7) is 7.33. The molecule has 0 saturated carbocycles. The molecule has 1 unspecified atom stereocenters. The van der Waals surface area contributed by atoms with Gasteiger partial charge in [0.2, 0.25) is 0 Å². The maximum absolute atomic E-state index is 6.17. The molecule has 0 amide bonds. The van der Waals surface area contributed by atoms with Gasteiger partial charge >= 0.3 is 0 Å². The van der Waals surface area contributed by atoms with Crippen LogP contribution in [0.25, 0.3) is 11.3 Å². The highest BCUT2D eigenvalue weighted by molar-refractivity contribution is 5.66. The van der Waals surface area contributed by atoms with E-state index in [4.69, 9.17) is 4.74 Å². The molecule has 0 aliphatic rings. The summed E-state index contributed by atoms with van der Waals surface area (Å²) < 4.78 is 8.31. The van der Waals surface area contributed by atoms with Gasteiger partial charge in [0.1, 0.15) is 5.75 Å². The summed E-state index contributed by atoms with van der Waals surface area (Å²) in [6.07, 6.45) is 10.2. The number of para-hydroxylation sites is 1. The van der Waals surface area contributed by atoms with Crippen LogP contribution in [0.1, 0.15) is 33.2 Å². The summed E-state index contributed by atoms with van der Waals surface area (Å²) in [5.41, 5.74) is 2.05. The predicted molar refractivity (Wildman–Crippen MR) is 94.9 cm³/mol. The molecule has 3 rings (SSSR count). The standard InChI is InChI=1S/C19H24N4O/c1-15(23-9-8-20-14-23)10-19(2,3)12-24-18-7-5-4-6-16(18)17-11-21-13-22-17/h4-9,11,13-15H,10,12H2,1-3H3,(H,21,22). The van der Waals surface area contributed by atoms with Crippen molar-refractivity contribution in [3.63, 3.8) is 0 Å². The summed E-state index contributed by atoms with van der Waals surface area (Å²) in [5, 5.41) is 0. The minimum absolute atomic E-state index is 0.0464. The fourth-order valence-electron chi connectivity index (χ4n) is 2.99. The topological polar surface area (TPSA) is 55.7 Å². The molecule has 0 spiro atoms. The highest BCUT2D eigenvalue weighted by Crippen LogP contribution is 2.32. The Morgan fingerprint density at radius 3 is 2.79 bits per heavy atom. The van der Waals surface area contributed by atoms with Crippen LogP contribution in [-0.4, -0.2) is 26.1 Å². The lowest BCUT2D eigenvalue weighted by Gasteiger charge is -2.29. The Kier molecular flexibility index (Phi) is 4.69. The Hall–Kier alpha value is -2.56. The minimum Gasteiger partial charge on any atom is -0.492 e. The van der Waals surface area contributed by atoms with Crippen LogP contribution in [0, 0.1) is 5.41 Å². The van der Waals surface area contributed by atoms with Crippen molar-refractivity contribution < 1.29 is 4.74 Å². The number of H-pyrrole nitrogens is 1. The number of hydrogen-bond acceptors (Lipinski definition) is 3. The Morgan fingerprint density at radius 2 is 2.08 bits per heavy atom. The summed E-state index contributed by atoms with van der Waals surface area (Å²) in [4.78, 5) is 11.4. The fourth-order valence-corrected chi connectivity index (χ4v) is 2.99. The molecule has 0 saturated heterocycles. The van der Waals surface area contributed by atoms with Crippen molar-refractivity contribution in [2.45, 2.75) is 33.2 Å². The van der Waals surface area contributed by atoms with E-state index in [9.17, 15) is 0 Å². The van der Waals surface area contributed by atoms with Crippen molar-refractivity contribution in [1.29, 1.82) is 0 Å². The summed E-state index contributed by atoms with van der Waals surface area (Å²) in [5.74, 6) is 0.880. The van der Waals surface area contributed by atoms with Crippen LogP contribution in [0.2, 0.25) is 0 Å². The van der Waals surface area contributed by atoms with Gasteiger partial charge in [-0.1, -0.05) is 26.0 Å². The van der Waals surface area contributed by atoms with Gasteiger partial charge in [0.05, 0.1) is 31.2 Å². The Labute approximate surface area is 142 Å². The van der Waals surface area contributed by atoms with Crippen molar-refractivity contribution >= 4 is 0 Å². The van der Waals surface area contributed by atoms with Gasteiger partial charge in [-0.25, -0.2) is 9.97 Å². The van der Waals surface area contributed by atoms with E-state index in [0.717, 1.165) is 23.4 Å². The van der Waals surface area contributed by atoms with Crippen LogP contribution in [0.4, 0.5) is 0 Å². The largest absolute Gasteiger partial charge is 0.492 e. The molecular formula is C19H24N4O. The second kappa shape index (κ2) is 6.91. The molecule has 3 aromatic rings. The molecular weight excluding hydrogens is 300 g/mol. The Morgan fingerprint density at radius 1 is 1.25 bits per heavy atom. The summed E-state index contributed by atoms with van der Waals surface area (Å²) >= 11 is 0. The molecule has 0 radical (unpaired) electrons. The lowest BCUT2D eigenvalue weighted by Crippen LogP contribution is -2.25. The van der Waals surface area contributed by atoms with Gasteiger partial charge in [-0.15, -0.1) is 0 Å². The number of rotatable bonds is 7. The maximum Gasteiger partial charge on any atom is 0.128 e. The molecule has 0 bridgehead atoms. The molecule has 5 nitrogen and oxygen atoms in total. The third kappa shape index (κ3) is 3.85. The van der Waals surface area contributed by atoms with E-state index in [1.54, 1.807) is 6.33 Å². The molecule has 1 N–H and O–H groups in total. The third-order valence-corrected chi connectivity index (χ3v) is 4.18. The minimum atomic E-state index is 0.0464. The zero-order chi connectivity index (χ0) is 17.0. The summed E-state index contributed by atoms with van der Waals surface area (Å²) in [6, 6.07) is 8.44. The highest BCUT2D eigenvalue weighted by atomic mass is 16.5. The molecule has 2 heterocycles. The number of hydrogen-bond donors (Lipinski definition) is 1. The zero-order valence-corrected chi connectivity index (χ0v) is 14.4.